The fourth-order valence-corrected chi connectivity index (χ4v) is 3.74. The van der Waals surface area contributed by atoms with E-state index in [1.165, 1.54) is 12.8 Å². The molecule has 1 unspecified atom stereocenters. The Balaban J connectivity index is 1.62. The molecule has 3 aliphatic heterocycles. The highest BCUT2D eigenvalue weighted by molar-refractivity contribution is 6.32. The highest BCUT2D eigenvalue weighted by atomic mass is 35.5. The molecule has 0 radical (unpaired) electrons. The fourth-order valence-electron chi connectivity index (χ4n) is 3.53. The van der Waals surface area contributed by atoms with Crippen LogP contribution in [0, 0.1) is 5.92 Å². The van der Waals surface area contributed by atoms with Crippen LogP contribution in [-0.2, 0) is 0 Å². The predicted molar refractivity (Wildman–Crippen MR) is 83.6 cm³/mol. The van der Waals surface area contributed by atoms with E-state index in [-0.39, 0.29) is 18.1 Å². The number of hydrogen-bond acceptors (Lipinski definition) is 5. The standard InChI is InChI=1S/C15H17ClN4O2/c16-9-6-10(13-11(7-9)22-15(17)19-13)14(21)18-12-5-8-1-3-20(12)4-2-8/h6-8,12H,1-5H2,(H2,17,19)(H,18,21). The molecule has 1 aromatic carbocycles. The highest BCUT2D eigenvalue weighted by Gasteiger charge is 2.34. The van der Waals surface area contributed by atoms with Crippen LogP contribution >= 0.6 is 11.6 Å². The van der Waals surface area contributed by atoms with Crippen LogP contribution in [-0.4, -0.2) is 35.0 Å². The van der Waals surface area contributed by atoms with E-state index in [9.17, 15) is 4.79 Å². The highest BCUT2D eigenvalue weighted by Crippen LogP contribution is 2.31. The van der Waals surface area contributed by atoms with Gasteiger partial charge in [-0.05, 0) is 31.2 Å². The predicted octanol–water partition coefficient (Wildman–Crippen LogP) is 2.24. The van der Waals surface area contributed by atoms with Crippen LogP contribution in [0.4, 0.5) is 6.01 Å². The molecule has 1 amide bonds. The number of nitrogens with zero attached hydrogens (tertiary/aromatic N) is 2. The Morgan fingerprint density at radius 2 is 2.18 bits per heavy atom. The molecule has 7 heteroatoms. The second-order valence-electron chi connectivity index (χ2n) is 6.06. The van der Waals surface area contributed by atoms with Gasteiger partial charge in [0.15, 0.2) is 5.58 Å². The van der Waals surface area contributed by atoms with Crippen LogP contribution < -0.4 is 11.1 Å². The summed E-state index contributed by atoms with van der Waals surface area (Å²) in [5.74, 6) is 0.538. The van der Waals surface area contributed by atoms with Crippen molar-refractivity contribution in [2.75, 3.05) is 18.8 Å². The minimum atomic E-state index is -0.182. The number of nitrogens with one attached hydrogen (secondary N) is 1. The van der Waals surface area contributed by atoms with Crippen molar-refractivity contribution in [3.8, 4) is 0 Å². The Morgan fingerprint density at radius 3 is 2.86 bits per heavy atom. The minimum absolute atomic E-state index is 0.0341. The van der Waals surface area contributed by atoms with Crippen molar-refractivity contribution in [2.45, 2.75) is 25.4 Å². The van der Waals surface area contributed by atoms with Gasteiger partial charge in [0.05, 0.1) is 11.7 Å². The van der Waals surface area contributed by atoms with E-state index in [0.29, 0.717) is 21.7 Å². The second kappa shape index (κ2) is 5.14. The second-order valence-corrected chi connectivity index (χ2v) is 6.49. The molecule has 2 bridgehead atoms. The van der Waals surface area contributed by atoms with Crippen molar-refractivity contribution in [3.05, 3.63) is 22.7 Å². The molecule has 4 heterocycles. The topological polar surface area (TPSA) is 84.4 Å². The maximum absolute atomic E-state index is 12.6. The number of benzene rings is 1. The summed E-state index contributed by atoms with van der Waals surface area (Å²) in [5, 5.41) is 3.53. The number of carbonyl (C=O) groups is 1. The van der Waals surface area contributed by atoms with Gasteiger partial charge >= 0.3 is 0 Å². The molecule has 0 saturated carbocycles. The number of nitrogens with two attached hydrogens (primary N) is 1. The Hall–Kier alpha value is -1.79. The van der Waals surface area contributed by atoms with E-state index in [1.807, 2.05) is 0 Å². The Bertz CT molecular complexity index is 736. The van der Waals surface area contributed by atoms with Gasteiger partial charge in [0.2, 0.25) is 0 Å². The number of rotatable bonds is 2. The molecule has 1 atom stereocenters. The Morgan fingerprint density at radius 1 is 1.41 bits per heavy atom. The third-order valence-corrected chi connectivity index (χ3v) is 4.88. The number of piperidine rings is 3. The number of amides is 1. The van der Waals surface area contributed by atoms with E-state index >= 15 is 0 Å². The van der Waals surface area contributed by atoms with Gasteiger partial charge in [-0.1, -0.05) is 11.6 Å². The smallest absolute Gasteiger partial charge is 0.293 e. The summed E-state index contributed by atoms with van der Waals surface area (Å²) < 4.78 is 5.27. The molecule has 6 nitrogen and oxygen atoms in total. The number of nitrogen functional groups attached to an aromatic ring is 1. The monoisotopic (exact) mass is 320 g/mol. The molecule has 0 aliphatic carbocycles. The van der Waals surface area contributed by atoms with E-state index in [0.717, 1.165) is 25.4 Å². The van der Waals surface area contributed by atoms with Crippen LogP contribution in [0.15, 0.2) is 16.5 Å². The summed E-state index contributed by atoms with van der Waals surface area (Å²) >= 11 is 6.06. The summed E-state index contributed by atoms with van der Waals surface area (Å²) in [6.45, 7) is 2.11. The third-order valence-electron chi connectivity index (χ3n) is 4.67. The molecule has 3 saturated heterocycles. The molecule has 3 aliphatic rings. The fraction of sp³-hybridized carbons (Fsp3) is 0.467. The number of fused-ring (bicyclic) bond motifs is 4. The Labute approximate surface area is 132 Å². The van der Waals surface area contributed by atoms with E-state index in [2.05, 4.69) is 15.2 Å². The van der Waals surface area contributed by atoms with Crippen molar-refractivity contribution in [3.63, 3.8) is 0 Å². The van der Waals surface area contributed by atoms with Crippen molar-refractivity contribution in [1.82, 2.24) is 15.2 Å². The molecule has 0 spiro atoms. The number of halogens is 1. The zero-order valence-electron chi connectivity index (χ0n) is 12.0. The van der Waals surface area contributed by atoms with Gasteiger partial charge in [0, 0.05) is 24.2 Å². The maximum atomic E-state index is 12.6. The largest absolute Gasteiger partial charge is 0.424 e. The van der Waals surface area contributed by atoms with E-state index in [4.69, 9.17) is 21.8 Å². The molecular formula is C15H17ClN4O2. The maximum Gasteiger partial charge on any atom is 0.293 e. The lowest BCUT2D eigenvalue weighted by Crippen LogP contribution is -2.56. The average molecular weight is 321 g/mol. The first-order valence-corrected chi connectivity index (χ1v) is 7.88. The van der Waals surface area contributed by atoms with Gasteiger partial charge in [-0.15, -0.1) is 0 Å². The van der Waals surface area contributed by atoms with Crippen molar-refractivity contribution in [1.29, 1.82) is 0 Å². The van der Waals surface area contributed by atoms with E-state index in [1.54, 1.807) is 12.1 Å². The summed E-state index contributed by atoms with van der Waals surface area (Å²) in [5.41, 5.74) is 6.88. The van der Waals surface area contributed by atoms with Gasteiger partial charge < -0.3 is 15.5 Å². The van der Waals surface area contributed by atoms with Crippen LogP contribution in [0.2, 0.25) is 5.02 Å². The first kappa shape index (κ1) is 13.8. The molecule has 116 valence electrons. The number of aromatic nitrogens is 1. The number of oxazole rings is 1. The molecular weight excluding hydrogens is 304 g/mol. The summed E-state index contributed by atoms with van der Waals surface area (Å²) in [6.07, 6.45) is 3.57. The van der Waals surface area contributed by atoms with Crippen molar-refractivity contribution in [2.24, 2.45) is 5.92 Å². The number of carbonyl (C=O) groups excluding carboxylic acids is 1. The van der Waals surface area contributed by atoms with Crippen LogP contribution in [0.25, 0.3) is 11.1 Å². The zero-order valence-corrected chi connectivity index (χ0v) is 12.8. The lowest BCUT2D eigenvalue weighted by molar-refractivity contribution is 0.0295. The normalized spacial score (nSPS) is 27.2. The van der Waals surface area contributed by atoms with Crippen molar-refractivity contribution < 1.29 is 9.21 Å². The SMILES string of the molecule is Nc1nc2c(C(=O)NC3CC4CCN3CC4)cc(Cl)cc2o1. The van der Waals surface area contributed by atoms with Gasteiger partial charge in [-0.2, -0.15) is 4.98 Å². The van der Waals surface area contributed by atoms with Gasteiger partial charge in [0.1, 0.15) is 5.52 Å². The first-order chi connectivity index (χ1) is 10.6. The number of anilines is 1. The van der Waals surface area contributed by atoms with Gasteiger partial charge in [-0.3, -0.25) is 9.69 Å². The quantitative estimate of drug-likeness (QED) is 0.886. The molecule has 3 N–H and O–H groups in total. The van der Waals surface area contributed by atoms with E-state index < -0.39 is 0 Å². The lowest BCUT2D eigenvalue weighted by Gasteiger charge is -2.45. The molecule has 1 aromatic heterocycles. The van der Waals surface area contributed by atoms with Crippen LogP contribution in [0.5, 0.6) is 0 Å². The first-order valence-electron chi connectivity index (χ1n) is 7.50. The molecule has 3 fully saturated rings. The number of hydrogen-bond donors (Lipinski definition) is 2. The summed E-state index contributed by atoms with van der Waals surface area (Å²) in [4.78, 5) is 19.1. The zero-order chi connectivity index (χ0) is 15.3. The molecule has 2 aromatic rings. The van der Waals surface area contributed by atoms with Crippen molar-refractivity contribution >= 4 is 34.6 Å². The Kier molecular flexibility index (Phi) is 3.23. The summed E-state index contributed by atoms with van der Waals surface area (Å²) in [7, 11) is 0. The lowest BCUT2D eigenvalue weighted by atomic mass is 9.86. The average Bonchev–Trinajstić information content (AvgIpc) is 2.87. The van der Waals surface area contributed by atoms with Gasteiger partial charge in [0.25, 0.3) is 11.9 Å². The molecule has 5 rings (SSSR count). The molecule has 22 heavy (non-hydrogen) atoms. The van der Waals surface area contributed by atoms with Crippen LogP contribution in [0.1, 0.15) is 29.6 Å². The third kappa shape index (κ3) is 2.32. The van der Waals surface area contributed by atoms with Crippen LogP contribution in [0.3, 0.4) is 0 Å². The summed E-state index contributed by atoms with van der Waals surface area (Å²) in [6, 6.07) is 3.26. The minimum Gasteiger partial charge on any atom is -0.424 e. The van der Waals surface area contributed by atoms with Gasteiger partial charge in [-0.25, -0.2) is 0 Å².